The average Bonchev–Trinajstić information content (AvgIpc) is 3.22. The second-order valence-electron chi connectivity index (χ2n) is 6.82. The number of anilines is 1. The molecular formula is C19H19N5O2S. The number of rotatable bonds is 3. The van der Waals surface area contributed by atoms with Crippen LogP contribution in [0.15, 0.2) is 47.0 Å². The molecule has 0 saturated heterocycles. The molecule has 7 nitrogen and oxygen atoms in total. The van der Waals surface area contributed by atoms with Crippen molar-refractivity contribution in [3.63, 3.8) is 0 Å². The summed E-state index contributed by atoms with van der Waals surface area (Å²) in [5.74, 6) is 0.436. The van der Waals surface area contributed by atoms with Gasteiger partial charge < -0.3 is 10.2 Å². The molecule has 0 fully saturated rings. The first-order chi connectivity index (χ1) is 12.9. The summed E-state index contributed by atoms with van der Waals surface area (Å²) in [5, 5.41) is 4.80. The molecule has 0 bridgehead atoms. The van der Waals surface area contributed by atoms with Gasteiger partial charge in [-0.1, -0.05) is 12.1 Å². The molecule has 8 heteroatoms. The fourth-order valence-electron chi connectivity index (χ4n) is 3.20. The number of amidine groups is 1. The van der Waals surface area contributed by atoms with Crippen molar-refractivity contribution in [2.75, 3.05) is 12.4 Å². The molecule has 4 rings (SSSR count). The number of aliphatic imine (C=N–C) groups is 1. The van der Waals surface area contributed by atoms with Crippen molar-refractivity contribution in [3.8, 4) is 0 Å². The van der Waals surface area contributed by atoms with Crippen molar-refractivity contribution in [3.05, 3.63) is 53.3 Å². The van der Waals surface area contributed by atoms with Crippen molar-refractivity contribution in [1.29, 1.82) is 0 Å². The second kappa shape index (κ2) is 6.31. The SMILES string of the molecule is CC1=NC(C)(c2cccc(NC(=O)c3cn4ccsc4n3)c2)CC(=O)N1C. The van der Waals surface area contributed by atoms with Gasteiger partial charge in [0.05, 0.1) is 12.0 Å². The first-order valence-electron chi connectivity index (χ1n) is 8.53. The number of hydrogen-bond donors (Lipinski definition) is 1. The topological polar surface area (TPSA) is 79.1 Å². The van der Waals surface area contributed by atoms with Crippen LogP contribution in [0.5, 0.6) is 0 Å². The number of imidazole rings is 1. The van der Waals surface area contributed by atoms with Gasteiger partial charge >= 0.3 is 0 Å². The van der Waals surface area contributed by atoms with Gasteiger partial charge in [-0.2, -0.15) is 0 Å². The Kier molecular flexibility index (Phi) is 4.07. The lowest BCUT2D eigenvalue weighted by atomic mass is 9.87. The molecule has 1 N–H and O–H groups in total. The molecule has 0 radical (unpaired) electrons. The molecule has 27 heavy (non-hydrogen) atoms. The van der Waals surface area contributed by atoms with E-state index in [1.165, 1.54) is 11.3 Å². The molecule has 1 atom stereocenters. The van der Waals surface area contributed by atoms with Crippen molar-refractivity contribution in [2.45, 2.75) is 25.8 Å². The number of thiazole rings is 1. The number of nitrogens with one attached hydrogen (secondary N) is 1. The van der Waals surface area contributed by atoms with Gasteiger partial charge in [0.1, 0.15) is 11.5 Å². The van der Waals surface area contributed by atoms with Gasteiger partial charge in [-0.05, 0) is 31.5 Å². The van der Waals surface area contributed by atoms with Crippen LogP contribution in [0.4, 0.5) is 5.69 Å². The highest BCUT2D eigenvalue weighted by atomic mass is 32.1. The van der Waals surface area contributed by atoms with Crippen LogP contribution >= 0.6 is 11.3 Å². The lowest BCUT2D eigenvalue weighted by molar-refractivity contribution is -0.128. The van der Waals surface area contributed by atoms with Crippen LogP contribution in [0.2, 0.25) is 0 Å². The van der Waals surface area contributed by atoms with E-state index in [4.69, 9.17) is 4.99 Å². The zero-order chi connectivity index (χ0) is 19.2. The van der Waals surface area contributed by atoms with E-state index in [1.807, 2.05) is 54.1 Å². The average molecular weight is 381 g/mol. The molecule has 3 aromatic rings. The van der Waals surface area contributed by atoms with Gasteiger partial charge in [0.25, 0.3) is 5.91 Å². The van der Waals surface area contributed by atoms with Gasteiger partial charge in [0.2, 0.25) is 5.91 Å². The van der Waals surface area contributed by atoms with Crippen LogP contribution in [-0.4, -0.2) is 39.0 Å². The molecule has 1 unspecified atom stereocenters. The molecule has 2 amide bonds. The van der Waals surface area contributed by atoms with Crippen LogP contribution in [-0.2, 0) is 10.3 Å². The van der Waals surface area contributed by atoms with Gasteiger partial charge in [0.15, 0.2) is 4.96 Å². The highest BCUT2D eigenvalue weighted by Crippen LogP contribution is 2.34. The number of hydrogen-bond acceptors (Lipinski definition) is 5. The van der Waals surface area contributed by atoms with E-state index in [1.54, 1.807) is 18.1 Å². The highest BCUT2D eigenvalue weighted by molar-refractivity contribution is 7.15. The maximum absolute atomic E-state index is 12.5. The Balaban J connectivity index is 1.60. The minimum absolute atomic E-state index is 0.0255. The highest BCUT2D eigenvalue weighted by Gasteiger charge is 2.35. The van der Waals surface area contributed by atoms with E-state index in [0.29, 0.717) is 17.2 Å². The van der Waals surface area contributed by atoms with Crippen molar-refractivity contribution < 1.29 is 9.59 Å². The van der Waals surface area contributed by atoms with E-state index >= 15 is 0 Å². The molecule has 1 aliphatic heterocycles. The minimum atomic E-state index is -0.647. The lowest BCUT2D eigenvalue weighted by Gasteiger charge is -2.34. The van der Waals surface area contributed by atoms with E-state index < -0.39 is 5.54 Å². The summed E-state index contributed by atoms with van der Waals surface area (Å²) in [6.07, 6.45) is 3.86. The molecule has 0 aliphatic carbocycles. The quantitative estimate of drug-likeness (QED) is 0.757. The first-order valence-corrected chi connectivity index (χ1v) is 9.41. The van der Waals surface area contributed by atoms with Crippen LogP contribution < -0.4 is 5.32 Å². The number of benzene rings is 1. The Hall–Kier alpha value is -3.00. The second-order valence-corrected chi connectivity index (χ2v) is 7.69. The number of fused-ring (bicyclic) bond motifs is 1. The molecule has 3 heterocycles. The van der Waals surface area contributed by atoms with E-state index in [0.717, 1.165) is 10.5 Å². The lowest BCUT2D eigenvalue weighted by Crippen LogP contribution is -2.42. The summed E-state index contributed by atoms with van der Waals surface area (Å²) < 4.78 is 1.82. The van der Waals surface area contributed by atoms with Crippen LogP contribution in [0.25, 0.3) is 4.96 Å². The predicted octanol–water partition coefficient (Wildman–Crippen LogP) is 3.14. The van der Waals surface area contributed by atoms with E-state index in [9.17, 15) is 9.59 Å². The summed E-state index contributed by atoms with van der Waals surface area (Å²) in [4.78, 5) is 36.2. The third-order valence-corrected chi connectivity index (χ3v) is 5.60. The van der Waals surface area contributed by atoms with Gasteiger partial charge in [-0.25, -0.2) is 4.98 Å². The largest absolute Gasteiger partial charge is 0.321 e. The van der Waals surface area contributed by atoms with Crippen molar-refractivity contribution >= 4 is 39.6 Å². The Labute approximate surface area is 160 Å². The summed E-state index contributed by atoms with van der Waals surface area (Å²) in [6, 6.07) is 7.47. The first kappa shape index (κ1) is 17.4. The van der Waals surface area contributed by atoms with Gasteiger partial charge in [-0.15, -0.1) is 11.3 Å². The zero-order valence-electron chi connectivity index (χ0n) is 15.3. The van der Waals surface area contributed by atoms with Gasteiger partial charge in [-0.3, -0.25) is 19.0 Å². The third kappa shape index (κ3) is 3.12. The van der Waals surface area contributed by atoms with Crippen LogP contribution in [0.1, 0.15) is 36.3 Å². The summed E-state index contributed by atoms with van der Waals surface area (Å²) in [5.41, 5.74) is 1.24. The smallest absolute Gasteiger partial charge is 0.275 e. The van der Waals surface area contributed by atoms with Crippen LogP contribution in [0, 0.1) is 0 Å². The fourth-order valence-corrected chi connectivity index (χ4v) is 3.90. The number of carbonyl (C=O) groups excluding carboxylic acids is 2. The Morgan fingerprint density at radius 2 is 2.19 bits per heavy atom. The fraction of sp³-hybridized carbons (Fsp3) is 0.263. The molecule has 1 aromatic carbocycles. The molecular weight excluding hydrogens is 362 g/mol. The maximum Gasteiger partial charge on any atom is 0.275 e. The van der Waals surface area contributed by atoms with E-state index in [-0.39, 0.29) is 18.2 Å². The Morgan fingerprint density at radius 3 is 2.93 bits per heavy atom. The van der Waals surface area contributed by atoms with E-state index in [2.05, 4.69) is 10.3 Å². The Morgan fingerprint density at radius 1 is 1.37 bits per heavy atom. The molecule has 138 valence electrons. The minimum Gasteiger partial charge on any atom is -0.321 e. The number of nitrogens with zero attached hydrogens (tertiary/aromatic N) is 4. The molecule has 0 spiro atoms. The molecule has 2 aromatic heterocycles. The molecule has 1 aliphatic rings. The normalized spacial score (nSPS) is 20.0. The molecule has 0 saturated carbocycles. The predicted molar refractivity (Wildman–Crippen MR) is 105 cm³/mol. The van der Waals surface area contributed by atoms with Crippen molar-refractivity contribution in [1.82, 2.24) is 14.3 Å². The monoisotopic (exact) mass is 381 g/mol. The van der Waals surface area contributed by atoms with Gasteiger partial charge in [0, 0.05) is 30.5 Å². The number of aromatic nitrogens is 2. The maximum atomic E-state index is 12.5. The number of amides is 2. The van der Waals surface area contributed by atoms with Crippen LogP contribution in [0.3, 0.4) is 0 Å². The third-order valence-electron chi connectivity index (χ3n) is 4.83. The van der Waals surface area contributed by atoms with Crippen molar-refractivity contribution in [2.24, 2.45) is 4.99 Å². The standard InChI is InChI=1S/C19H19N5O2S/c1-12-22-19(2,10-16(25)23(12)3)13-5-4-6-14(9-13)20-17(26)15-11-24-7-8-27-18(24)21-15/h4-9,11H,10H2,1-3H3,(H,20,26). The number of carbonyl (C=O) groups is 2. The Bertz CT molecular complexity index is 1050. The summed E-state index contributed by atoms with van der Waals surface area (Å²) >= 11 is 1.47. The summed E-state index contributed by atoms with van der Waals surface area (Å²) in [6.45, 7) is 3.76. The zero-order valence-corrected chi connectivity index (χ0v) is 16.1. The summed E-state index contributed by atoms with van der Waals surface area (Å²) in [7, 11) is 1.73.